The molecule has 1 aromatic heterocycles. The number of carbonyl (C=O) groups excluding carboxylic acids is 2. The third kappa shape index (κ3) is 5.68. The summed E-state index contributed by atoms with van der Waals surface area (Å²) in [5, 5.41) is 14.2. The second-order valence-corrected chi connectivity index (χ2v) is 7.48. The molecule has 0 bridgehead atoms. The monoisotopic (exact) mass is 468 g/mol. The first-order valence-electron chi connectivity index (χ1n) is 9.31. The summed E-state index contributed by atoms with van der Waals surface area (Å²) in [6.07, 6.45) is 1.46. The fraction of sp³-hybridized carbons (Fsp3) is 0.130. The molecule has 0 atom stereocenters. The van der Waals surface area contributed by atoms with E-state index < -0.39 is 11.8 Å². The van der Waals surface area contributed by atoms with Gasteiger partial charge in [0.05, 0.1) is 6.61 Å². The Morgan fingerprint density at radius 1 is 1.03 bits per heavy atom. The molecule has 3 rings (SSSR count). The smallest absolute Gasteiger partial charge is 0.268 e. The molecule has 1 heterocycles. The number of carbonyl (C=O) groups is 2. The lowest BCUT2D eigenvalue weighted by atomic mass is 10.1. The van der Waals surface area contributed by atoms with Crippen LogP contribution in [0.1, 0.15) is 21.7 Å². The van der Waals surface area contributed by atoms with Gasteiger partial charge in [-0.2, -0.15) is 0 Å². The number of aliphatic hydroxyl groups excluding tert-OH is 1. The van der Waals surface area contributed by atoms with E-state index in [2.05, 4.69) is 26.6 Å². The van der Waals surface area contributed by atoms with Crippen LogP contribution in [0, 0.1) is 6.92 Å². The number of rotatable bonds is 7. The number of aryl methyl sites for hydroxylation is 1. The normalized spacial score (nSPS) is 11.2. The lowest BCUT2D eigenvalue weighted by Crippen LogP contribution is -2.36. The van der Waals surface area contributed by atoms with Crippen LogP contribution in [0.15, 0.2) is 75.3 Å². The molecular weight excluding hydrogens is 448 g/mol. The summed E-state index contributed by atoms with van der Waals surface area (Å²) in [5.74, 6) is 0.103. The van der Waals surface area contributed by atoms with Crippen molar-refractivity contribution in [3.63, 3.8) is 0 Å². The molecule has 3 aromatic rings. The summed E-state index contributed by atoms with van der Waals surface area (Å²) in [6, 6.07) is 18.1. The van der Waals surface area contributed by atoms with Gasteiger partial charge in [0.15, 0.2) is 0 Å². The summed E-state index contributed by atoms with van der Waals surface area (Å²) >= 11 is 3.40. The molecule has 0 aliphatic rings. The molecule has 0 saturated carbocycles. The molecule has 2 aromatic carbocycles. The second kappa shape index (κ2) is 10.0. The first kappa shape index (κ1) is 21.5. The number of benzene rings is 2. The van der Waals surface area contributed by atoms with E-state index in [1.54, 1.807) is 24.3 Å². The highest BCUT2D eigenvalue weighted by molar-refractivity contribution is 9.10. The highest BCUT2D eigenvalue weighted by Crippen LogP contribution is 2.25. The zero-order chi connectivity index (χ0) is 21.5. The van der Waals surface area contributed by atoms with Crippen molar-refractivity contribution >= 4 is 33.8 Å². The van der Waals surface area contributed by atoms with Gasteiger partial charge in [-0.1, -0.05) is 45.8 Å². The summed E-state index contributed by atoms with van der Waals surface area (Å²) in [7, 11) is 0. The van der Waals surface area contributed by atoms with E-state index in [4.69, 9.17) is 9.52 Å². The van der Waals surface area contributed by atoms with Crippen molar-refractivity contribution in [3.8, 4) is 11.3 Å². The molecule has 6 nitrogen and oxygen atoms in total. The highest BCUT2D eigenvalue weighted by Gasteiger charge is 2.15. The lowest BCUT2D eigenvalue weighted by Gasteiger charge is -2.10. The Hall–Kier alpha value is -3.16. The van der Waals surface area contributed by atoms with Crippen LogP contribution in [-0.4, -0.2) is 30.1 Å². The summed E-state index contributed by atoms with van der Waals surface area (Å²) in [6.45, 7) is 1.79. The Kier molecular flexibility index (Phi) is 7.21. The lowest BCUT2D eigenvalue weighted by molar-refractivity contribution is -0.117. The van der Waals surface area contributed by atoms with E-state index in [0.717, 1.165) is 15.6 Å². The molecule has 0 aliphatic carbocycles. The molecule has 0 fully saturated rings. The van der Waals surface area contributed by atoms with Crippen molar-refractivity contribution in [2.24, 2.45) is 0 Å². The van der Waals surface area contributed by atoms with Gasteiger partial charge in [0.1, 0.15) is 17.2 Å². The number of nitrogens with one attached hydrogen (secondary N) is 2. The number of aliphatic hydroxyl groups is 1. The maximum absolute atomic E-state index is 12.6. The van der Waals surface area contributed by atoms with Crippen LogP contribution < -0.4 is 10.6 Å². The number of hydrogen-bond donors (Lipinski definition) is 3. The van der Waals surface area contributed by atoms with Crippen molar-refractivity contribution in [1.82, 2.24) is 10.6 Å². The Morgan fingerprint density at radius 3 is 2.40 bits per heavy atom. The van der Waals surface area contributed by atoms with Gasteiger partial charge in [-0.25, -0.2) is 0 Å². The van der Waals surface area contributed by atoms with Crippen LogP contribution in [-0.2, 0) is 4.79 Å². The van der Waals surface area contributed by atoms with E-state index in [1.165, 1.54) is 6.08 Å². The van der Waals surface area contributed by atoms with E-state index in [-0.39, 0.29) is 18.8 Å². The van der Waals surface area contributed by atoms with Gasteiger partial charge in [0, 0.05) is 28.2 Å². The minimum atomic E-state index is -0.522. The Bertz CT molecular complexity index is 1050. The minimum absolute atomic E-state index is 0.0192. The van der Waals surface area contributed by atoms with Crippen LogP contribution in [0.25, 0.3) is 17.4 Å². The zero-order valence-corrected chi connectivity index (χ0v) is 17.9. The van der Waals surface area contributed by atoms with E-state index in [9.17, 15) is 9.59 Å². The van der Waals surface area contributed by atoms with Gasteiger partial charge in [0.25, 0.3) is 11.8 Å². The minimum Gasteiger partial charge on any atom is -0.457 e. The van der Waals surface area contributed by atoms with Crippen LogP contribution in [0.3, 0.4) is 0 Å². The third-order valence-corrected chi connectivity index (χ3v) is 4.77. The van der Waals surface area contributed by atoms with Crippen LogP contribution >= 0.6 is 15.9 Å². The van der Waals surface area contributed by atoms with Crippen molar-refractivity contribution in [2.45, 2.75) is 6.92 Å². The van der Waals surface area contributed by atoms with E-state index >= 15 is 0 Å². The third-order valence-electron chi connectivity index (χ3n) is 4.25. The van der Waals surface area contributed by atoms with Gasteiger partial charge in [0.2, 0.25) is 0 Å². The van der Waals surface area contributed by atoms with Gasteiger partial charge < -0.3 is 20.2 Å². The maximum atomic E-state index is 12.6. The fourth-order valence-electron chi connectivity index (χ4n) is 2.66. The zero-order valence-electron chi connectivity index (χ0n) is 16.3. The maximum Gasteiger partial charge on any atom is 0.268 e. The Balaban J connectivity index is 1.85. The molecule has 0 unspecified atom stereocenters. The Labute approximate surface area is 182 Å². The molecule has 154 valence electrons. The SMILES string of the molecule is Cc1ccc(C(=O)NC(=Cc2ccc(-c3ccc(Br)cc3)o2)C(=O)NCCO)cc1. The van der Waals surface area contributed by atoms with Crippen molar-refractivity contribution in [1.29, 1.82) is 0 Å². The molecular formula is C23H21BrN2O4. The average Bonchev–Trinajstić information content (AvgIpc) is 3.21. The first-order valence-corrected chi connectivity index (χ1v) is 10.1. The molecule has 7 heteroatoms. The van der Waals surface area contributed by atoms with Gasteiger partial charge in [-0.15, -0.1) is 0 Å². The molecule has 0 aliphatic heterocycles. The highest BCUT2D eigenvalue weighted by atomic mass is 79.9. The van der Waals surface area contributed by atoms with Crippen molar-refractivity contribution in [3.05, 3.63) is 87.7 Å². The number of hydrogen-bond acceptors (Lipinski definition) is 4. The fourth-order valence-corrected chi connectivity index (χ4v) is 2.93. The number of furan rings is 1. The van der Waals surface area contributed by atoms with Crippen LogP contribution in [0.5, 0.6) is 0 Å². The van der Waals surface area contributed by atoms with Gasteiger partial charge in [-0.3, -0.25) is 9.59 Å². The van der Waals surface area contributed by atoms with Crippen LogP contribution in [0.4, 0.5) is 0 Å². The van der Waals surface area contributed by atoms with Crippen molar-refractivity contribution in [2.75, 3.05) is 13.2 Å². The second-order valence-electron chi connectivity index (χ2n) is 6.57. The molecule has 0 radical (unpaired) electrons. The standard InChI is InChI=1S/C23H21BrN2O4/c1-15-2-4-17(5-3-15)22(28)26-20(23(29)25-12-13-27)14-19-10-11-21(30-19)16-6-8-18(24)9-7-16/h2-11,14,27H,12-13H2,1H3,(H,25,29)(H,26,28). The predicted molar refractivity (Wildman–Crippen MR) is 119 cm³/mol. The van der Waals surface area contributed by atoms with Gasteiger partial charge in [-0.05, 0) is 43.3 Å². The molecule has 0 saturated heterocycles. The molecule has 3 N–H and O–H groups in total. The van der Waals surface area contributed by atoms with Crippen molar-refractivity contribution < 1.29 is 19.1 Å². The topological polar surface area (TPSA) is 91.6 Å². The molecule has 2 amide bonds. The largest absolute Gasteiger partial charge is 0.457 e. The van der Waals surface area contributed by atoms with Gasteiger partial charge >= 0.3 is 0 Å². The molecule has 0 spiro atoms. The van der Waals surface area contributed by atoms with E-state index in [1.807, 2.05) is 43.3 Å². The number of halogens is 1. The molecule has 30 heavy (non-hydrogen) atoms. The quantitative estimate of drug-likeness (QED) is 0.458. The van der Waals surface area contributed by atoms with E-state index in [0.29, 0.717) is 17.1 Å². The predicted octanol–water partition coefficient (Wildman–Crippen LogP) is 3.90. The van der Waals surface area contributed by atoms with Crippen LogP contribution in [0.2, 0.25) is 0 Å². The Morgan fingerprint density at radius 2 is 1.73 bits per heavy atom. The summed E-state index contributed by atoms with van der Waals surface area (Å²) in [4.78, 5) is 25.1. The number of amides is 2. The first-order chi connectivity index (χ1) is 14.5. The average molecular weight is 469 g/mol. The summed E-state index contributed by atoms with van der Waals surface area (Å²) in [5.41, 5.74) is 2.36. The summed E-state index contributed by atoms with van der Waals surface area (Å²) < 4.78 is 6.78.